The maximum absolute atomic E-state index is 12.6. The van der Waals surface area contributed by atoms with Gasteiger partial charge in [-0.3, -0.25) is 19.3 Å². The number of nitrogens with zero attached hydrogens (tertiary/aromatic N) is 2. The predicted molar refractivity (Wildman–Crippen MR) is 116 cm³/mol. The molecule has 2 aromatic rings. The van der Waals surface area contributed by atoms with Crippen molar-refractivity contribution >= 4 is 40.9 Å². The number of imide groups is 1. The minimum absolute atomic E-state index is 0.243. The molecule has 2 heterocycles. The number of methoxy groups -OCH3 is 2. The van der Waals surface area contributed by atoms with Crippen LogP contribution < -0.4 is 0 Å². The Balaban J connectivity index is 1.96. The molecule has 8 nitrogen and oxygen atoms in total. The summed E-state index contributed by atoms with van der Waals surface area (Å²) in [5.41, 5.74) is 4.80. The molecular weight excluding hydrogens is 420 g/mol. The highest BCUT2D eigenvalue weighted by Crippen LogP contribution is 2.34. The number of amides is 2. The number of carbonyl (C=O) groups excluding carboxylic acids is 4. The first kappa shape index (κ1) is 22.4. The molecule has 0 N–H and O–H groups in total. The van der Waals surface area contributed by atoms with Crippen LogP contribution in [0.4, 0.5) is 4.79 Å². The Kier molecular flexibility index (Phi) is 6.35. The predicted octanol–water partition coefficient (Wildman–Crippen LogP) is 3.40. The Bertz CT molecular complexity index is 1130. The lowest BCUT2D eigenvalue weighted by atomic mass is 10.1. The SMILES string of the molecule is COC(=O)CN1C(=O)S/C(=C/c2cc(C)n(-c3ccc(C(=O)OC)cc3C)c2C)C1=O. The van der Waals surface area contributed by atoms with Crippen LogP contribution in [0.5, 0.6) is 0 Å². The van der Waals surface area contributed by atoms with Crippen LogP contribution in [0.3, 0.4) is 0 Å². The van der Waals surface area contributed by atoms with Crippen LogP contribution in [0.15, 0.2) is 29.2 Å². The van der Waals surface area contributed by atoms with Gasteiger partial charge < -0.3 is 14.0 Å². The molecule has 9 heteroatoms. The molecule has 0 spiro atoms. The summed E-state index contributed by atoms with van der Waals surface area (Å²) < 4.78 is 11.3. The second-order valence-corrected chi connectivity index (χ2v) is 7.99. The molecule has 1 aromatic carbocycles. The zero-order valence-corrected chi connectivity index (χ0v) is 18.7. The van der Waals surface area contributed by atoms with Gasteiger partial charge in [-0.05, 0) is 74.0 Å². The van der Waals surface area contributed by atoms with Gasteiger partial charge in [0, 0.05) is 17.1 Å². The van der Waals surface area contributed by atoms with E-state index in [1.807, 2.05) is 37.5 Å². The van der Waals surface area contributed by atoms with Crippen molar-refractivity contribution in [2.45, 2.75) is 20.8 Å². The second kappa shape index (κ2) is 8.81. The minimum Gasteiger partial charge on any atom is -0.468 e. The molecule has 0 bridgehead atoms. The van der Waals surface area contributed by atoms with Gasteiger partial charge in [0.2, 0.25) is 0 Å². The highest BCUT2D eigenvalue weighted by atomic mass is 32.2. The standard InChI is InChI=1S/C22H22N2O6S/c1-12-8-15(21(27)30-5)6-7-17(12)24-13(2)9-16(14(24)3)10-18-20(26)23(22(28)31-18)11-19(25)29-4/h6-10H,11H2,1-5H3/b18-10+. The van der Waals surface area contributed by atoms with Crippen molar-refractivity contribution in [3.63, 3.8) is 0 Å². The summed E-state index contributed by atoms with van der Waals surface area (Å²) in [6.45, 7) is 5.33. The molecule has 0 atom stereocenters. The molecule has 31 heavy (non-hydrogen) atoms. The Morgan fingerprint density at radius 3 is 2.39 bits per heavy atom. The van der Waals surface area contributed by atoms with E-state index < -0.39 is 29.6 Å². The van der Waals surface area contributed by atoms with E-state index in [1.54, 1.807) is 18.2 Å². The minimum atomic E-state index is -0.660. The lowest BCUT2D eigenvalue weighted by molar-refractivity contribution is -0.143. The number of ether oxygens (including phenoxy) is 2. The first-order valence-electron chi connectivity index (χ1n) is 9.38. The normalized spacial score (nSPS) is 15.0. The van der Waals surface area contributed by atoms with Gasteiger partial charge in [-0.2, -0.15) is 0 Å². The van der Waals surface area contributed by atoms with Crippen LogP contribution in [-0.2, 0) is 19.1 Å². The number of aryl methyl sites for hydroxylation is 2. The van der Waals surface area contributed by atoms with Crippen molar-refractivity contribution in [1.29, 1.82) is 0 Å². The van der Waals surface area contributed by atoms with Crippen LogP contribution in [0.2, 0.25) is 0 Å². The van der Waals surface area contributed by atoms with Gasteiger partial charge in [-0.1, -0.05) is 0 Å². The fraction of sp³-hybridized carbons (Fsp3) is 0.273. The summed E-state index contributed by atoms with van der Waals surface area (Å²) >= 11 is 0.790. The van der Waals surface area contributed by atoms with Gasteiger partial charge >= 0.3 is 11.9 Å². The number of thioether (sulfide) groups is 1. The highest BCUT2D eigenvalue weighted by molar-refractivity contribution is 8.18. The number of benzene rings is 1. The van der Waals surface area contributed by atoms with Crippen molar-refractivity contribution in [2.24, 2.45) is 0 Å². The molecule has 3 rings (SSSR count). The third-order valence-electron chi connectivity index (χ3n) is 5.00. The summed E-state index contributed by atoms with van der Waals surface area (Å²) in [4.78, 5) is 49.1. The molecule has 0 aliphatic carbocycles. The van der Waals surface area contributed by atoms with E-state index in [1.165, 1.54) is 14.2 Å². The first-order chi connectivity index (χ1) is 14.7. The Morgan fingerprint density at radius 2 is 1.77 bits per heavy atom. The molecular formula is C22H22N2O6S. The third-order valence-corrected chi connectivity index (χ3v) is 5.91. The van der Waals surface area contributed by atoms with E-state index in [-0.39, 0.29) is 4.91 Å². The smallest absolute Gasteiger partial charge is 0.337 e. The van der Waals surface area contributed by atoms with Gasteiger partial charge in [0.15, 0.2) is 0 Å². The fourth-order valence-corrected chi connectivity index (χ4v) is 4.26. The van der Waals surface area contributed by atoms with Crippen LogP contribution in [0, 0.1) is 20.8 Å². The maximum atomic E-state index is 12.6. The van der Waals surface area contributed by atoms with Gasteiger partial charge in [0.05, 0.1) is 24.7 Å². The summed E-state index contributed by atoms with van der Waals surface area (Å²) in [5.74, 6) is -1.59. The zero-order chi connectivity index (χ0) is 22.9. The Hall–Kier alpha value is -3.33. The fourth-order valence-electron chi connectivity index (χ4n) is 3.43. The Morgan fingerprint density at radius 1 is 1.06 bits per heavy atom. The summed E-state index contributed by atoms with van der Waals surface area (Å²) in [5, 5.41) is -0.510. The largest absolute Gasteiger partial charge is 0.468 e. The molecule has 1 fully saturated rings. The summed E-state index contributed by atoms with van der Waals surface area (Å²) in [7, 11) is 2.54. The molecule has 0 saturated carbocycles. The average molecular weight is 442 g/mol. The molecule has 1 saturated heterocycles. The lowest BCUT2D eigenvalue weighted by Gasteiger charge is -2.14. The van der Waals surface area contributed by atoms with Crippen molar-refractivity contribution in [1.82, 2.24) is 9.47 Å². The highest BCUT2D eigenvalue weighted by Gasteiger charge is 2.36. The Labute approximate surface area is 183 Å². The van der Waals surface area contributed by atoms with Crippen molar-refractivity contribution in [2.75, 3.05) is 20.8 Å². The lowest BCUT2D eigenvalue weighted by Crippen LogP contribution is -2.34. The number of hydrogen-bond acceptors (Lipinski definition) is 7. The maximum Gasteiger partial charge on any atom is 0.337 e. The van der Waals surface area contributed by atoms with E-state index in [9.17, 15) is 19.2 Å². The number of aromatic nitrogens is 1. The zero-order valence-electron chi connectivity index (χ0n) is 17.8. The number of carbonyl (C=O) groups is 4. The quantitative estimate of drug-likeness (QED) is 0.517. The van der Waals surface area contributed by atoms with E-state index in [0.717, 1.165) is 44.9 Å². The third kappa shape index (κ3) is 4.27. The van der Waals surface area contributed by atoms with Crippen molar-refractivity contribution in [3.05, 3.63) is 57.2 Å². The molecule has 1 aliphatic heterocycles. The van der Waals surface area contributed by atoms with E-state index in [2.05, 4.69) is 4.74 Å². The van der Waals surface area contributed by atoms with Gasteiger partial charge in [-0.25, -0.2) is 4.79 Å². The monoisotopic (exact) mass is 442 g/mol. The van der Waals surface area contributed by atoms with Gasteiger partial charge in [0.25, 0.3) is 11.1 Å². The van der Waals surface area contributed by atoms with Crippen molar-refractivity contribution < 1.29 is 28.7 Å². The number of rotatable bonds is 5. The summed E-state index contributed by atoms with van der Waals surface area (Å²) in [6.07, 6.45) is 1.65. The molecule has 0 unspecified atom stereocenters. The van der Waals surface area contributed by atoms with Crippen LogP contribution in [0.25, 0.3) is 11.8 Å². The second-order valence-electron chi connectivity index (χ2n) is 7.00. The topological polar surface area (TPSA) is 94.9 Å². The first-order valence-corrected chi connectivity index (χ1v) is 10.2. The molecule has 162 valence electrons. The number of hydrogen-bond donors (Lipinski definition) is 0. The van der Waals surface area contributed by atoms with E-state index in [4.69, 9.17) is 4.74 Å². The molecule has 0 radical (unpaired) electrons. The van der Waals surface area contributed by atoms with Gasteiger partial charge in [0.1, 0.15) is 6.54 Å². The summed E-state index contributed by atoms with van der Waals surface area (Å²) in [6, 6.07) is 7.22. The van der Waals surface area contributed by atoms with Crippen LogP contribution >= 0.6 is 11.8 Å². The molecule has 1 aromatic heterocycles. The molecule has 1 aliphatic rings. The van der Waals surface area contributed by atoms with Gasteiger partial charge in [-0.15, -0.1) is 0 Å². The number of esters is 2. The van der Waals surface area contributed by atoms with Crippen molar-refractivity contribution in [3.8, 4) is 5.69 Å². The van der Waals surface area contributed by atoms with Crippen LogP contribution in [0.1, 0.15) is 32.9 Å². The van der Waals surface area contributed by atoms with Crippen LogP contribution in [-0.4, -0.2) is 53.3 Å². The molecule has 2 amide bonds. The van der Waals surface area contributed by atoms with E-state index >= 15 is 0 Å². The van der Waals surface area contributed by atoms with E-state index in [0.29, 0.717) is 5.56 Å². The average Bonchev–Trinajstić information content (AvgIpc) is 3.16.